The van der Waals surface area contributed by atoms with Gasteiger partial charge in [-0.15, -0.1) is 0 Å². The van der Waals surface area contributed by atoms with Crippen LogP contribution in [0.4, 0.5) is 4.79 Å². The number of nitrogens with one attached hydrogen (secondary N) is 1. The summed E-state index contributed by atoms with van der Waals surface area (Å²) in [7, 11) is 0. The standard InChI is InChI=1S/C10H18N2OS/c1-9-8-12(10(13)11-9)6-4-2-3-5-7-14/h7,9H,2-6,8H2,1H3,(H,11,13). The summed E-state index contributed by atoms with van der Waals surface area (Å²) in [4.78, 5) is 13.2. The molecule has 0 aromatic carbocycles. The Morgan fingerprint density at radius 1 is 1.57 bits per heavy atom. The second kappa shape index (κ2) is 5.96. The van der Waals surface area contributed by atoms with Gasteiger partial charge in [0.25, 0.3) is 0 Å². The van der Waals surface area contributed by atoms with Crippen LogP contribution in [0.5, 0.6) is 0 Å². The summed E-state index contributed by atoms with van der Waals surface area (Å²) in [5.74, 6) is 0. The molecule has 0 radical (unpaired) electrons. The fraction of sp³-hybridized carbons (Fsp3) is 0.800. The van der Waals surface area contributed by atoms with Gasteiger partial charge in [0, 0.05) is 19.1 Å². The maximum Gasteiger partial charge on any atom is 0.317 e. The van der Waals surface area contributed by atoms with Gasteiger partial charge in [0.2, 0.25) is 0 Å². The summed E-state index contributed by atoms with van der Waals surface area (Å²) in [6, 6.07) is 0.399. The number of rotatable bonds is 6. The second-order valence-electron chi connectivity index (χ2n) is 3.81. The number of amides is 2. The van der Waals surface area contributed by atoms with Crippen molar-refractivity contribution in [3.8, 4) is 0 Å². The molecule has 0 bridgehead atoms. The Labute approximate surface area is 90.8 Å². The Morgan fingerprint density at radius 3 is 2.93 bits per heavy atom. The topological polar surface area (TPSA) is 32.3 Å². The molecule has 0 aliphatic carbocycles. The van der Waals surface area contributed by atoms with E-state index in [2.05, 4.69) is 5.32 Å². The number of carbonyl (C=O) groups is 1. The second-order valence-corrected chi connectivity index (χ2v) is 4.15. The van der Waals surface area contributed by atoms with Crippen LogP contribution in [0.2, 0.25) is 0 Å². The van der Waals surface area contributed by atoms with Crippen molar-refractivity contribution in [1.29, 1.82) is 0 Å². The molecule has 0 saturated carbocycles. The lowest BCUT2D eigenvalue weighted by Crippen LogP contribution is -2.29. The lowest BCUT2D eigenvalue weighted by atomic mass is 10.2. The van der Waals surface area contributed by atoms with E-state index in [1.165, 1.54) is 0 Å². The van der Waals surface area contributed by atoms with Crippen LogP contribution < -0.4 is 5.32 Å². The number of hydrogen-bond acceptors (Lipinski definition) is 2. The van der Waals surface area contributed by atoms with Crippen molar-refractivity contribution in [2.24, 2.45) is 0 Å². The largest absolute Gasteiger partial charge is 0.334 e. The summed E-state index contributed by atoms with van der Waals surface area (Å²) in [5.41, 5.74) is 0. The molecule has 4 heteroatoms. The van der Waals surface area contributed by atoms with E-state index in [-0.39, 0.29) is 6.03 Å². The quantitative estimate of drug-likeness (QED) is 0.541. The first-order valence-corrected chi connectivity index (χ1v) is 5.70. The number of nitrogens with zero attached hydrogens (tertiary/aromatic N) is 1. The molecular weight excluding hydrogens is 196 g/mol. The first-order valence-electron chi connectivity index (χ1n) is 5.23. The van der Waals surface area contributed by atoms with Crippen LogP contribution in [-0.4, -0.2) is 35.4 Å². The van der Waals surface area contributed by atoms with E-state index in [4.69, 9.17) is 12.2 Å². The number of thiocarbonyl (C=S) groups is 1. The Bertz CT molecular complexity index is 208. The van der Waals surface area contributed by atoms with E-state index < -0.39 is 0 Å². The molecule has 3 nitrogen and oxygen atoms in total. The zero-order chi connectivity index (χ0) is 10.4. The molecule has 0 aromatic heterocycles. The Kier molecular flexibility index (Phi) is 4.87. The number of urea groups is 1. The highest BCUT2D eigenvalue weighted by molar-refractivity contribution is 7.78. The smallest absolute Gasteiger partial charge is 0.317 e. The van der Waals surface area contributed by atoms with Gasteiger partial charge in [-0.05, 0) is 31.6 Å². The van der Waals surface area contributed by atoms with E-state index in [9.17, 15) is 4.79 Å². The molecule has 1 atom stereocenters. The molecule has 1 N–H and O–H groups in total. The van der Waals surface area contributed by atoms with Gasteiger partial charge in [0.1, 0.15) is 0 Å². The lowest BCUT2D eigenvalue weighted by Gasteiger charge is -2.13. The van der Waals surface area contributed by atoms with Crippen molar-refractivity contribution < 1.29 is 4.79 Å². The van der Waals surface area contributed by atoms with Gasteiger partial charge >= 0.3 is 6.03 Å². The van der Waals surface area contributed by atoms with Gasteiger partial charge < -0.3 is 10.2 Å². The predicted molar refractivity (Wildman–Crippen MR) is 61.7 cm³/mol. The molecular formula is C10H18N2OS. The Morgan fingerprint density at radius 2 is 2.36 bits per heavy atom. The first kappa shape index (κ1) is 11.4. The van der Waals surface area contributed by atoms with Crippen LogP contribution in [0.15, 0.2) is 0 Å². The summed E-state index contributed by atoms with van der Waals surface area (Å²) in [6.07, 6.45) is 4.40. The highest BCUT2D eigenvalue weighted by Gasteiger charge is 2.24. The minimum atomic E-state index is 0.0901. The van der Waals surface area contributed by atoms with Crippen molar-refractivity contribution >= 4 is 23.6 Å². The number of hydrogen-bond donors (Lipinski definition) is 1. The molecule has 1 saturated heterocycles. The van der Waals surface area contributed by atoms with E-state index in [0.29, 0.717) is 6.04 Å². The summed E-state index contributed by atoms with van der Waals surface area (Å²) < 4.78 is 0. The third-order valence-corrected chi connectivity index (χ3v) is 2.64. The van der Waals surface area contributed by atoms with Gasteiger partial charge in [0.15, 0.2) is 0 Å². The maximum absolute atomic E-state index is 11.3. The summed E-state index contributed by atoms with van der Waals surface area (Å²) >= 11 is 4.74. The molecule has 2 amide bonds. The molecule has 14 heavy (non-hydrogen) atoms. The molecule has 1 aliphatic heterocycles. The van der Waals surface area contributed by atoms with Crippen LogP contribution in [0.3, 0.4) is 0 Å². The highest BCUT2D eigenvalue weighted by Crippen LogP contribution is 2.06. The number of unbranched alkanes of at least 4 members (excludes halogenated alkanes) is 3. The SMILES string of the molecule is CC1CN(CCCCCC=S)C(=O)N1. The van der Waals surface area contributed by atoms with Gasteiger partial charge in [-0.25, -0.2) is 4.79 Å². The van der Waals surface area contributed by atoms with Crippen LogP contribution in [0.1, 0.15) is 32.6 Å². The van der Waals surface area contributed by atoms with Crippen LogP contribution in [0, 0.1) is 0 Å². The summed E-state index contributed by atoms with van der Waals surface area (Å²) in [5, 5.41) is 4.67. The van der Waals surface area contributed by atoms with Gasteiger partial charge in [-0.3, -0.25) is 0 Å². The lowest BCUT2D eigenvalue weighted by molar-refractivity contribution is 0.216. The average Bonchev–Trinajstić information content (AvgIpc) is 2.45. The molecule has 1 rings (SSSR count). The van der Waals surface area contributed by atoms with Gasteiger partial charge in [-0.1, -0.05) is 18.6 Å². The minimum Gasteiger partial charge on any atom is -0.334 e. The zero-order valence-corrected chi connectivity index (χ0v) is 9.48. The van der Waals surface area contributed by atoms with Gasteiger partial charge in [0.05, 0.1) is 0 Å². The molecule has 1 aliphatic rings. The normalized spacial score (nSPS) is 21.1. The maximum atomic E-state index is 11.3. The molecule has 1 unspecified atom stereocenters. The van der Waals surface area contributed by atoms with E-state index in [1.54, 1.807) is 5.37 Å². The molecule has 80 valence electrons. The fourth-order valence-corrected chi connectivity index (χ4v) is 1.83. The van der Waals surface area contributed by atoms with E-state index >= 15 is 0 Å². The van der Waals surface area contributed by atoms with Crippen LogP contribution in [0.25, 0.3) is 0 Å². The minimum absolute atomic E-state index is 0.0901. The molecule has 0 spiro atoms. The fourth-order valence-electron chi connectivity index (χ4n) is 1.66. The van der Waals surface area contributed by atoms with Gasteiger partial charge in [-0.2, -0.15) is 0 Å². The van der Waals surface area contributed by atoms with Crippen molar-refractivity contribution in [1.82, 2.24) is 10.2 Å². The monoisotopic (exact) mass is 214 g/mol. The van der Waals surface area contributed by atoms with Crippen LogP contribution in [-0.2, 0) is 0 Å². The third-order valence-electron chi connectivity index (χ3n) is 2.40. The van der Waals surface area contributed by atoms with E-state index in [1.807, 2.05) is 11.8 Å². The zero-order valence-electron chi connectivity index (χ0n) is 8.66. The molecule has 0 aromatic rings. The third kappa shape index (κ3) is 3.62. The van der Waals surface area contributed by atoms with Crippen LogP contribution >= 0.6 is 12.2 Å². The Hall–Kier alpha value is -0.640. The first-order chi connectivity index (χ1) is 6.74. The average molecular weight is 214 g/mol. The molecule has 1 heterocycles. The number of carbonyl (C=O) groups excluding carboxylic acids is 1. The summed E-state index contributed by atoms with van der Waals surface area (Å²) in [6.45, 7) is 3.77. The van der Waals surface area contributed by atoms with Crippen molar-refractivity contribution in [2.45, 2.75) is 38.6 Å². The van der Waals surface area contributed by atoms with Crippen molar-refractivity contribution in [3.63, 3.8) is 0 Å². The van der Waals surface area contributed by atoms with Crippen molar-refractivity contribution in [2.75, 3.05) is 13.1 Å². The predicted octanol–water partition coefficient (Wildman–Crippen LogP) is 1.96. The molecule has 1 fully saturated rings. The highest BCUT2D eigenvalue weighted by atomic mass is 32.1. The van der Waals surface area contributed by atoms with Crippen molar-refractivity contribution in [3.05, 3.63) is 0 Å². The Balaban J connectivity index is 2.06. The van der Waals surface area contributed by atoms with E-state index in [0.717, 1.165) is 38.8 Å².